The van der Waals surface area contributed by atoms with E-state index in [1.807, 2.05) is 25.1 Å². The van der Waals surface area contributed by atoms with E-state index >= 15 is 0 Å². The van der Waals surface area contributed by atoms with E-state index in [4.69, 9.17) is 4.74 Å². The molecule has 0 bridgehead atoms. The number of hydrogen-bond acceptors (Lipinski definition) is 5. The van der Waals surface area contributed by atoms with Crippen molar-refractivity contribution in [3.05, 3.63) is 58.7 Å². The first-order chi connectivity index (χ1) is 14.6. The summed E-state index contributed by atoms with van der Waals surface area (Å²) < 4.78 is 32.1. The van der Waals surface area contributed by atoms with E-state index in [-0.39, 0.29) is 10.8 Å². The topological polar surface area (TPSA) is 70.2 Å². The maximum absolute atomic E-state index is 13.2. The number of carbonyl (C=O) groups excluding carboxylic acids is 1. The minimum Gasteiger partial charge on any atom is -0.378 e. The lowest BCUT2D eigenvalue weighted by molar-refractivity contribution is 0.0784. The molecule has 0 aliphatic carbocycles. The van der Waals surface area contributed by atoms with Crippen LogP contribution in [-0.2, 0) is 21.3 Å². The lowest BCUT2D eigenvalue weighted by Gasteiger charge is -2.31. The molecular formula is C23H31N3O4S. The third kappa shape index (κ3) is 4.92. The fourth-order valence-corrected chi connectivity index (χ4v) is 4.94. The minimum absolute atomic E-state index is 0.169. The van der Waals surface area contributed by atoms with Gasteiger partial charge in [0.1, 0.15) is 0 Å². The number of sulfonamides is 1. The molecule has 1 amide bonds. The molecule has 1 aliphatic rings. The van der Waals surface area contributed by atoms with Crippen LogP contribution in [0.1, 0.15) is 27.0 Å². The van der Waals surface area contributed by atoms with Crippen molar-refractivity contribution in [3.63, 3.8) is 0 Å². The van der Waals surface area contributed by atoms with Crippen LogP contribution >= 0.6 is 0 Å². The van der Waals surface area contributed by atoms with E-state index in [9.17, 15) is 13.2 Å². The van der Waals surface area contributed by atoms with Crippen molar-refractivity contribution in [2.75, 3.05) is 52.3 Å². The molecule has 2 aromatic rings. The van der Waals surface area contributed by atoms with E-state index in [0.29, 0.717) is 30.9 Å². The lowest BCUT2D eigenvalue weighted by atomic mass is 10.0. The van der Waals surface area contributed by atoms with E-state index in [1.54, 1.807) is 24.9 Å². The van der Waals surface area contributed by atoms with Gasteiger partial charge < -0.3 is 14.5 Å². The van der Waals surface area contributed by atoms with Crippen molar-refractivity contribution < 1.29 is 17.9 Å². The predicted octanol–water partition coefficient (Wildman–Crippen LogP) is 2.66. The lowest BCUT2D eigenvalue weighted by Crippen LogP contribution is -2.37. The van der Waals surface area contributed by atoms with Crippen molar-refractivity contribution in [3.8, 4) is 0 Å². The number of morpholine rings is 1. The molecule has 3 rings (SSSR count). The SMILES string of the molecule is Cc1cc(C(=O)N(C)Cc2ccccc2N2CCOCC2)cc(S(=O)(=O)N(C)C)c1C. The quantitative estimate of drug-likeness (QED) is 0.684. The van der Waals surface area contributed by atoms with Gasteiger partial charge in [-0.15, -0.1) is 0 Å². The smallest absolute Gasteiger partial charge is 0.253 e. The standard InChI is InChI=1S/C23H31N3O4S/c1-17-14-20(15-22(18(17)2)31(28,29)24(3)4)23(27)25(5)16-19-8-6-7-9-21(19)26-10-12-30-13-11-26/h6-9,14-15H,10-13,16H2,1-5H3. The van der Waals surface area contributed by atoms with Gasteiger partial charge in [-0.3, -0.25) is 4.79 Å². The molecule has 0 radical (unpaired) electrons. The molecule has 0 saturated carbocycles. The van der Waals surface area contributed by atoms with Gasteiger partial charge in [-0.2, -0.15) is 0 Å². The van der Waals surface area contributed by atoms with Gasteiger partial charge >= 0.3 is 0 Å². The van der Waals surface area contributed by atoms with Crippen LogP contribution < -0.4 is 4.90 Å². The maximum Gasteiger partial charge on any atom is 0.253 e. The molecule has 0 spiro atoms. The highest BCUT2D eigenvalue weighted by molar-refractivity contribution is 7.89. The number of benzene rings is 2. The van der Waals surface area contributed by atoms with Gasteiger partial charge in [0.2, 0.25) is 10.0 Å². The van der Waals surface area contributed by atoms with Gasteiger partial charge in [-0.05, 0) is 48.7 Å². The van der Waals surface area contributed by atoms with Crippen LogP contribution in [0.15, 0.2) is 41.3 Å². The molecule has 0 N–H and O–H groups in total. The Morgan fingerprint density at radius 2 is 1.71 bits per heavy atom. The Labute approximate surface area is 185 Å². The van der Waals surface area contributed by atoms with Crippen molar-refractivity contribution >= 4 is 21.6 Å². The molecule has 168 valence electrons. The van der Waals surface area contributed by atoms with Crippen LogP contribution in [0, 0.1) is 13.8 Å². The van der Waals surface area contributed by atoms with Gasteiger partial charge in [-0.25, -0.2) is 12.7 Å². The summed E-state index contributed by atoms with van der Waals surface area (Å²) in [6, 6.07) is 11.3. The third-order valence-electron chi connectivity index (χ3n) is 5.72. The number of rotatable bonds is 6. The zero-order valence-electron chi connectivity index (χ0n) is 18.9. The average Bonchev–Trinajstić information content (AvgIpc) is 2.75. The Morgan fingerprint density at radius 3 is 2.35 bits per heavy atom. The first-order valence-electron chi connectivity index (χ1n) is 10.3. The van der Waals surface area contributed by atoms with Crippen LogP contribution in [0.5, 0.6) is 0 Å². The summed E-state index contributed by atoms with van der Waals surface area (Å²) in [7, 11) is 1.08. The van der Waals surface area contributed by atoms with E-state index in [1.165, 1.54) is 24.5 Å². The Balaban J connectivity index is 1.89. The highest BCUT2D eigenvalue weighted by Gasteiger charge is 2.24. The molecule has 1 heterocycles. The zero-order valence-corrected chi connectivity index (χ0v) is 19.7. The number of nitrogens with zero attached hydrogens (tertiary/aromatic N) is 3. The predicted molar refractivity (Wildman–Crippen MR) is 122 cm³/mol. The Hall–Kier alpha value is -2.42. The van der Waals surface area contributed by atoms with Crippen LogP contribution in [0.4, 0.5) is 5.69 Å². The molecule has 31 heavy (non-hydrogen) atoms. The number of carbonyl (C=O) groups is 1. The minimum atomic E-state index is -3.65. The summed E-state index contributed by atoms with van der Waals surface area (Å²) in [5, 5.41) is 0. The van der Waals surface area contributed by atoms with Gasteiger partial charge in [0.25, 0.3) is 5.91 Å². The summed E-state index contributed by atoms with van der Waals surface area (Å²) in [4.78, 5) is 17.3. The molecule has 2 aromatic carbocycles. The van der Waals surface area contributed by atoms with E-state index in [2.05, 4.69) is 11.0 Å². The molecule has 1 saturated heterocycles. The molecule has 1 fully saturated rings. The summed E-state index contributed by atoms with van der Waals surface area (Å²) in [6.07, 6.45) is 0. The normalized spacial score (nSPS) is 14.7. The van der Waals surface area contributed by atoms with Gasteiger partial charge in [0.05, 0.1) is 18.1 Å². The Bertz CT molecular complexity index is 1060. The Kier molecular flexibility index (Phi) is 7.03. The Morgan fingerprint density at radius 1 is 1.06 bits per heavy atom. The molecular weight excluding hydrogens is 414 g/mol. The molecule has 0 aromatic heterocycles. The van der Waals surface area contributed by atoms with Crippen molar-refractivity contribution in [1.82, 2.24) is 9.21 Å². The monoisotopic (exact) mass is 445 g/mol. The summed E-state index contributed by atoms with van der Waals surface area (Å²) in [5.74, 6) is -0.213. The highest BCUT2D eigenvalue weighted by Crippen LogP contribution is 2.26. The second kappa shape index (κ2) is 9.38. The fraction of sp³-hybridized carbons (Fsp3) is 0.435. The summed E-state index contributed by atoms with van der Waals surface area (Å²) >= 11 is 0. The number of amides is 1. The number of anilines is 1. The number of para-hydroxylation sites is 1. The van der Waals surface area contributed by atoms with Crippen LogP contribution in [0.3, 0.4) is 0 Å². The number of ether oxygens (including phenoxy) is 1. The molecule has 0 atom stereocenters. The second-order valence-electron chi connectivity index (χ2n) is 8.09. The zero-order chi connectivity index (χ0) is 22.8. The van der Waals surface area contributed by atoms with Gasteiger partial charge in [0.15, 0.2) is 0 Å². The third-order valence-corrected chi connectivity index (χ3v) is 7.66. The molecule has 1 aliphatic heterocycles. The molecule has 7 nitrogen and oxygen atoms in total. The summed E-state index contributed by atoms with van der Waals surface area (Å²) in [5.41, 5.74) is 3.94. The van der Waals surface area contributed by atoms with Crippen LogP contribution in [-0.4, -0.2) is 71.0 Å². The van der Waals surface area contributed by atoms with E-state index in [0.717, 1.165) is 29.9 Å². The largest absolute Gasteiger partial charge is 0.378 e. The van der Waals surface area contributed by atoms with Crippen LogP contribution in [0.2, 0.25) is 0 Å². The first kappa shape index (κ1) is 23.2. The van der Waals surface area contributed by atoms with Gasteiger partial charge in [0, 0.05) is 52.0 Å². The summed E-state index contributed by atoms with van der Waals surface area (Å²) in [6.45, 7) is 7.03. The average molecular weight is 446 g/mol. The van der Waals surface area contributed by atoms with Crippen molar-refractivity contribution in [2.24, 2.45) is 0 Å². The fourth-order valence-electron chi connectivity index (χ4n) is 3.72. The van der Waals surface area contributed by atoms with Gasteiger partial charge in [-0.1, -0.05) is 18.2 Å². The van der Waals surface area contributed by atoms with Crippen molar-refractivity contribution in [2.45, 2.75) is 25.3 Å². The highest BCUT2D eigenvalue weighted by atomic mass is 32.2. The van der Waals surface area contributed by atoms with Crippen molar-refractivity contribution in [1.29, 1.82) is 0 Å². The van der Waals surface area contributed by atoms with E-state index < -0.39 is 10.0 Å². The first-order valence-corrected chi connectivity index (χ1v) is 11.8. The second-order valence-corrected chi connectivity index (χ2v) is 10.2. The molecule has 0 unspecified atom stereocenters. The number of aryl methyl sites for hydroxylation is 1. The molecule has 8 heteroatoms. The maximum atomic E-state index is 13.2. The van der Waals surface area contributed by atoms with Crippen LogP contribution in [0.25, 0.3) is 0 Å². The number of hydrogen-bond donors (Lipinski definition) is 0.